The molecule has 37 heavy (non-hydrogen) atoms. The lowest BCUT2D eigenvalue weighted by molar-refractivity contribution is -0.137. The minimum atomic E-state index is -4.45. The molecule has 1 aromatic carbocycles. The Hall–Kier alpha value is -2.67. The van der Waals surface area contributed by atoms with Gasteiger partial charge in [-0.2, -0.15) is 17.5 Å². The highest BCUT2D eigenvalue weighted by atomic mass is 35.5. The van der Waals surface area contributed by atoms with E-state index in [-0.39, 0.29) is 23.2 Å². The number of likely N-dealkylation sites (N-methyl/N-ethyl adjacent to an activating group) is 1. The number of benzene rings is 1. The first-order valence-electron chi connectivity index (χ1n) is 11.2. The molecule has 2 heterocycles. The third-order valence-corrected chi connectivity index (χ3v) is 9.78. The van der Waals surface area contributed by atoms with Crippen LogP contribution in [0.1, 0.15) is 30.9 Å². The first kappa shape index (κ1) is 27.4. The van der Waals surface area contributed by atoms with Crippen LogP contribution in [0, 0.1) is 0 Å². The Bertz CT molecular complexity index is 1410. The van der Waals surface area contributed by atoms with Gasteiger partial charge in [0.1, 0.15) is 9.75 Å². The third-order valence-electron chi connectivity index (χ3n) is 6.04. The molecule has 4 rings (SSSR count). The van der Waals surface area contributed by atoms with E-state index >= 15 is 0 Å². The van der Waals surface area contributed by atoms with Gasteiger partial charge in [-0.05, 0) is 48.7 Å². The molecule has 1 aliphatic rings. The lowest BCUT2D eigenvalue weighted by atomic mass is 10.1. The van der Waals surface area contributed by atoms with Crippen LogP contribution in [0.5, 0.6) is 5.88 Å². The summed E-state index contributed by atoms with van der Waals surface area (Å²) in [5.74, 6) is -0.220. The van der Waals surface area contributed by atoms with E-state index < -0.39 is 33.2 Å². The van der Waals surface area contributed by atoms with Crippen LogP contribution in [-0.4, -0.2) is 42.8 Å². The molecule has 1 fully saturated rings. The van der Waals surface area contributed by atoms with Crippen LogP contribution in [0.15, 0.2) is 52.7 Å². The Morgan fingerprint density at radius 2 is 1.86 bits per heavy atom. The Morgan fingerprint density at radius 1 is 1.19 bits per heavy atom. The molecule has 1 aliphatic carbocycles. The van der Waals surface area contributed by atoms with Crippen molar-refractivity contribution in [2.45, 2.75) is 42.2 Å². The fraction of sp³-hybridized carbons (Fsp3) is 0.333. The number of sulfonamides is 1. The number of pyridine rings is 1. The second-order valence-electron chi connectivity index (χ2n) is 8.42. The lowest BCUT2D eigenvalue weighted by Crippen LogP contribution is -2.51. The van der Waals surface area contributed by atoms with E-state index in [1.54, 1.807) is 19.1 Å². The first-order chi connectivity index (χ1) is 17.4. The number of carbonyl (C=O) groups excluding carboxylic acids is 1. The fourth-order valence-electron chi connectivity index (χ4n) is 4.05. The summed E-state index contributed by atoms with van der Waals surface area (Å²) in [6.45, 7) is 1.81. The van der Waals surface area contributed by atoms with Gasteiger partial charge in [0, 0.05) is 24.7 Å². The summed E-state index contributed by atoms with van der Waals surface area (Å²) in [7, 11) is -2.52. The monoisotopic (exact) mass is 573 g/mol. The smallest absolute Gasteiger partial charge is 0.416 e. The number of nitrogens with one attached hydrogen (secondary N) is 1. The molecule has 0 atom stereocenters. The van der Waals surface area contributed by atoms with Crippen LogP contribution < -0.4 is 10.1 Å². The molecule has 1 saturated carbocycles. The van der Waals surface area contributed by atoms with Gasteiger partial charge in [0.05, 0.1) is 22.7 Å². The summed E-state index contributed by atoms with van der Waals surface area (Å²) in [5, 5.41) is 2.80. The molecule has 0 bridgehead atoms. The van der Waals surface area contributed by atoms with Gasteiger partial charge in [0.25, 0.3) is 10.0 Å². The zero-order valence-corrected chi connectivity index (χ0v) is 22.2. The molecule has 3 aromatic rings. The number of carbonyl (C=O) groups is 1. The third kappa shape index (κ3) is 5.62. The van der Waals surface area contributed by atoms with Gasteiger partial charge in [-0.3, -0.25) is 4.79 Å². The largest absolute Gasteiger partial charge is 0.481 e. The molecule has 0 spiro atoms. The van der Waals surface area contributed by atoms with E-state index in [4.69, 9.17) is 16.3 Å². The van der Waals surface area contributed by atoms with Crippen LogP contribution in [0.25, 0.3) is 11.3 Å². The summed E-state index contributed by atoms with van der Waals surface area (Å²) < 4.78 is 72.0. The number of amides is 1. The molecule has 2 aromatic heterocycles. The van der Waals surface area contributed by atoms with Gasteiger partial charge >= 0.3 is 6.18 Å². The average Bonchev–Trinajstić information content (AvgIpc) is 3.53. The van der Waals surface area contributed by atoms with E-state index in [0.717, 1.165) is 23.5 Å². The summed E-state index contributed by atoms with van der Waals surface area (Å²) in [4.78, 5) is 17.5. The van der Waals surface area contributed by atoms with Crippen molar-refractivity contribution in [1.29, 1.82) is 0 Å². The van der Waals surface area contributed by atoms with Crippen LogP contribution in [-0.2, 0) is 27.5 Å². The number of hydrogen-bond acceptors (Lipinski definition) is 6. The Labute approximate surface area is 221 Å². The van der Waals surface area contributed by atoms with Crippen molar-refractivity contribution >= 4 is 38.9 Å². The SMILES string of the molecule is CCN(C1(C(=O)NCc2cc(OC)nc(-c3ccc(C(F)(F)F)cc3)c2)CC1)S(=O)(=O)c1ccc(Cl)s1. The molecular weight excluding hydrogens is 551 g/mol. The van der Waals surface area contributed by atoms with Crippen LogP contribution in [0.2, 0.25) is 4.34 Å². The van der Waals surface area contributed by atoms with Gasteiger partial charge < -0.3 is 10.1 Å². The van der Waals surface area contributed by atoms with E-state index in [0.29, 0.717) is 34.0 Å². The molecule has 0 aliphatic heterocycles. The number of nitrogens with zero attached hydrogens (tertiary/aromatic N) is 2. The van der Waals surface area contributed by atoms with Crippen LogP contribution in [0.4, 0.5) is 13.2 Å². The highest BCUT2D eigenvalue weighted by molar-refractivity contribution is 7.91. The number of thiophene rings is 1. The maximum Gasteiger partial charge on any atom is 0.416 e. The zero-order valence-electron chi connectivity index (χ0n) is 19.8. The molecule has 0 saturated heterocycles. The van der Waals surface area contributed by atoms with Crippen molar-refractivity contribution in [3.05, 3.63) is 64.0 Å². The maximum atomic E-state index is 13.2. The normalized spacial score (nSPS) is 15.0. The summed E-state index contributed by atoms with van der Waals surface area (Å²) in [6.07, 6.45) is -3.70. The van der Waals surface area contributed by atoms with Crippen molar-refractivity contribution in [2.24, 2.45) is 0 Å². The first-order valence-corrected chi connectivity index (χ1v) is 13.8. The van der Waals surface area contributed by atoms with Crippen LogP contribution >= 0.6 is 22.9 Å². The lowest BCUT2D eigenvalue weighted by Gasteiger charge is -2.28. The Kier molecular flexibility index (Phi) is 7.57. The number of hydrogen-bond donors (Lipinski definition) is 1. The van der Waals surface area contributed by atoms with Crippen molar-refractivity contribution in [2.75, 3.05) is 13.7 Å². The van der Waals surface area contributed by atoms with Gasteiger partial charge in [0.2, 0.25) is 11.8 Å². The number of ether oxygens (including phenoxy) is 1. The number of halogens is 4. The number of rotatable bonds is 9. The van der Waals surface area contributed by atoms with E-state index in [1.165, 1.54) is 35.7 Å². The standard InChI is InChI=1S/C24H23ClF3N3O4S2/c1-3-31(37(33,34)21-9-8-19(25)36-21)23(10-11-23)22(32)29-14-15-12-18(30-20(13-15)35-2)16-4-6-17(7-5-16)24(26,27)28/h4-9,12-13H,3,10-11,14H2,1-2H3,(H,29,32). The van der Waals surface area contributed by atoms with Crippen molar-refractivity contribution < 1.29 is 31.1 Å². The molecular formula is C24H23ClF3N3O4S2. The minimum absolute atomic E-state index is 0.0372. The van der Waals surface area contributed by atoms with E-state index in [1.807, 2.05) is 0 Å². The number of methoxy groups -OCH3 is 1. The highest BCUT2D eigenvalue weighted by Gasteiger charge is 2.58. The average molecular weight is 574 g/mol. The van der Waals surface area contributed by atoms with Crippen molar-refractivity contribution in [3.63, 3.8) is 0 Å². The quantitative estimate of drug-likeness (QED) is 0.373. The molecule has 0 unspecified atom stereocenters. The van der Waals surface area contributed by atoms with Crippen molar-refractivity contribution in [3.8, 4) is 17.1 Å². The Morgan fingerprint density at radius 3 is 2.38 bits per heavy atom. The van der Waals surface area contributed by atoms with Gasteiger partial charge in [-0.1, -0.05) is 30.7 Å². The highest BCUT2D eigenvalue weighted by Crippen LogP contribution is 2.45. The second kappa shape index (κ2) is 10.2. The molecule has 198 valence electrons. The molecule has 1 N–H and O–H groups in total. The number of alkyl halides is 3. The molecule has 1 amide bonds. The maximum absolute atomic E-state index is 13.2. The second-order valence-corrected chi connectivity index (χ2v) is 12.2. The Balaban J connectivity index is 1.53. The predicted molar refractivity (Wildman–Crippen MR) is 134 cm³/mol. The fourth-order valence-corrected chi connectivity index (χ4v) is 7.44. The number of aromatic nitrogens is 1. The predicted octanol–water partition coefficient (Wildman–Crippen LogP) is 5.35. The molecule has 13 heteroatoms. The summed E-state index contributed by atoms with van der Waals surface area (Å²) >= 11 is 6.86. The van der Waals surface area contributed by atoms with Gasteiger partial charge in [0.15, 0.2) is 0 Å². The van der Waals surface area contributed by atoms with Crippen LogP contribution in [0.3, 0.4) is 0 Å². The van der Waals surface area contributed by atoms with Gasteiger partial charge in [-0.15, -0.1) is 11.3 Å². The topological polar surface area (TPSA) is 88.6 Å². The van der Waals surface area contributed by atoms with Gasteiger partial charge in [-0.25, -0.2) is 13.4 Å². The molecule has 7 nitrogen and oxygen atoms in total. The van der Waals surface area contributed by atoms with E-state index in [9.17, 15) is 26.4 Å². The van der Waals surface area contributed by atoms with Crippen molar-refractivity contribution in [1.82, 2.24) is 14.6 Å². The summed E-state index contributed by atoms with van der Waals surface area (Å²) in [5.41, 5.74) is -0.581. The summed E-state index contributed by atoms with van der Waals surface area (Å²) in [6, 6.07) is 10.7. The minimum Gasteiger partial charge on any atom is -0.481 e. The zero-order chi connectivity index (χ0) is 27.0. The van der Waals surface area contributed by atoms with E-state index in [2.05, 4.69) is 10.3 Å². The molecule has 0 radical (unpaired) electrons.